The number of carbonyl (C=O) groups excluding carboxylic acids is 1. The van der Waals surface area contributed by atoms with Crippen LogP contribution in [0.5, 0.6) is 0 Å². The summed E-state index contributed by atoms with van der Waals surface area (Å²) in [6.45, 7) is 0.0320. The Hall–Kier alpha value is -1.44. The molecule has 1 aromatic heterocycles. The molecule has 0 fully saturated rings. The van der Waals surface area contributed by atoms with Crippen molar-refractivity contribution in [2.75, 3.05) is 11.9 Å². The molecule has 0 aliphatic carbocycles. The molecule has 0 saturated heterocycles. The minimum absolute atomic E-state index is 0.000604. The number of aliphatic hydroxyl groups excluding tert-OH is 1. The Balaban J connectivity index is 1.97. The molecular weight excluding hydrogens is 348 g/mol. The molecule has 106 valence electrons. The fourth-order valence-corrected chi connectivity index (χ4v) is 2.29. The van der Waals surface area contributed by atoms with Crippen LogP contribution in [0.4, 0.5) is 5.69 Å². The SMILES string of the molecule is O=C(Cn1cc(CCO)nn1)Nc1ccc(Br)cc1Cl. The van der Waals surface area contributed by atoms with Crippen molar-refractivity contribution in [1.29, 1.82) is 0 Å². The maximum atomic E-state index is 11.9. The molecule has 2 N–H and O–H groups in total. The van der Waals surface area contributed by atoms with Crippen molar-refractivity contribution in [2.24, 2.45) is 0 Å². The lowest BCUT2D eigenvalue weighted by Gasteiger charge is -2.07. The molecule has 0 spiro atoms. The van der Waals surface area contributed by atoms with Crippen LogP contribution in [0.3, 0.4) is 0 Å². The Morgan fingerprint density at radius 3 is 3.00 bits per heavy atom. The van der Waals surface area contributed by atoms with Gasteiger partial charge in [0, 0.05) is 23.7 Å². The fraction of sp³-hybridized carbons (Fsp3) is 0.250. The molecule has 0 atom stereocenters. The Bertz CT molecular complexity index is 617. The Labute approximate surface area is 128 Å². The summed E-state index contributed by atoms with van der Waals surface area (Å²) in [6, 6.07) is 5.20. The summed E-state index contributed by atoms with van der Waals surface area (Å²) in [5, 5.41) is 19.6. The summed E-state index contributed by atoms with van der Waals surface area (Å²) in [6.07, 6.45) is 2.04. The highest BCUT2D eigenvalue weighted by Crippen LogP contribution is 2.25. The van der Waals surface area contributed by atoms with Crippen LogP contribution in [0.25, 0.3) is 0 Å². The van der Waals surface area contributed by atoms with E-state index in [9.17, 15) is 4.79 Å². The van der Waals surface area contributed by atoms with Crippen LogP contribution >= 0.6 is 27.5 Å². The number of aliphatic hydroxyl groups is 1. The van der Waals surface area contributed by atoms with Gasteiger partial charge in [0.25, 0.3) is 0 Å². The number of aromatic nitrogens is 3. The molecule has 0 saturated carbocycles. The highest BCUT2D eigenvalue weighted by molar-refractivity contribution is 9.10. The lowest BCUT2D eigenvalue weighted by atomic mass is 10.3. The van der Waals surface area contributed by atoms with Crippen molar-refractivity contribution < 1.29 is 9.90 Å². The van der Waals surface area contributed by atoms with Crippen molar-refractivity contribution in [1.82, 2.24) is 15.0 Å². The van der Waals surface area contributed by atoms with E-state index in [1.165, 1.54) is 4.68 Å². The van der Waals surface area contributed by atoms with Crippen molar-refractivity contribution >= 4 is 39.1 Å². The molecule has 1 aromatic carbocycles. The number of halogens is 2. The molecule has 0 radical (unpaired) electrons. The minimum Gasteiger partial charge on any atom is -0.396 e. The lowest BCUT2D eigenvalue weighted by Crippen LogP contribution is -2.19. The van der Waals surface area contributed by atoms with Gasteiger partial charge in [-0.25, -0.2) is 4.68 Å². The van der Waals surface area contributed by atoms with E-state index in [4.69, 9.17) is 16.7 Å². The zero-order valence-electron chi connectivity index (χ0n) is 10.4. The van der Waals surface area contributed by atoms with Crippen LogP contribution in [-0.2, 0) is 17.8 Å². The standard InChI is InChI=1S/C12H12BrClN4O2/c13-8-1-2-11(10(14)5-8)15-12(20)7-18-6-9(3-4-19)16-17-18/h1-2,5-6,19H,3-4,7H2,(H,15,20). The Morgan fingerprint density at radius 1 is 1.50 bits per heavy atom. The van der Waals surface area contributed by atoms with Gasteiger partial charge < -0.3 is 10.4 Å². The molecule has 2 rings (SSSR count). The first kappa shape index (κ1) is 15.0. The second-order valence-electron chi connectivity index (χ2n) is 4.05. The molecule has 0 unspecified atom stereocenters. The molecule has 0 aliphatic rings. The third kappa shape index (κ3) is 4.03. The number of nitrogens with one attached hydrogen (secondary N) is 1. The quantitative estimate of drug-likeness (QED) is 0.854. The second kappa shape index (κ2) is 6.83. The van der Waals surface area contributed by atoms with Crippen LogP contribution in [0.15, 0.2) is 28.9 Å². The monoisotopic (exact) mass is 358 g/mol. The third-order valence-electron chi connectivity index (χ3n) is 2.46. The van der Waals surface area contributed by atoms with Crippen LogP contribution in [-0.4, -0.2) is 32.6 Å². The van der Waals surface area contributed by atoms with Gasteiger partial charge in [-0.3, -0.25) is 4.79 Å². The summed E-state index contributed by atoms with van der Waals surface area (Å²) in [5.74, 6) is -0.255. The molecule has 20 heavy (non-hydrogen) atoms. The first-order valence-electron chi connectivity index (χ1n) is 5.83. The number of anilines is 1. The molecule has 0 aliphatic heterocycles. The van der Waals surface area contributed by atoms with Gasteiger partial charge in [-0.1, -0.05) is 32.7 Å². The van der Waals surface area contributed by atoms with Gasteiger partial charge in [0.05, 0.1) is 16.4 Å². The normalized spacial score (nSPS) is 10.6. The van der Waals surface area contributed by atoms with E-state index in [1.54, 1.807) is 24.4 Å². The molecule has 1 amide bonds. The van der Waals surface area contributed by atoms with E-state index in [0.29, 0.717) is 22.8 Å². The van der Waals surface area contributed by atoms with Crippen molar-refractivity contribution in [2.45, 2.75) is 13.0 Å². The second-order valence-corrected chi connectivity index (χ2v) is 5.38. The predicted molar refractivity (Wildman–Crippen MR) is 78.6 cm³/mol. The number of hydrogen-bond acceptors (Lipinski definition) is 4. The highest BCUT2D eigenvalue weighted by atomic mass is 79.9. The first-order chi connectivity index (χ1) is 9.58. The number of amides is 1. The molecule has 8 heteroatoms. The summed E-state index contributed by atoms with van der Waals surface area (Å²) >= 11 is 9.31. The number of rotatable bonds is 5. The van der Waals surface area contributed by atoms with Gasteiger partial charge in [0.1, 0.15) is 6.54 Å². The Kier molecular flexibility index (Phi) is 5.11. The predicted octanol–water partition coefficient (Wildman–Crippen LogP) is 1.87. The van der Waals surface area contributed by atoms with Gasteiger partial charge in [-0.2, -0.15) is 0 Å². The van der Waals surface area contributed by atoms with Gasteiger partial charge >= 0.3 is 0 Å². The van der Waals surface area contributed by atoms with Crippen LogP contribution in [0.1, 0.15) is 5.69 Å². The Morgan fingerprint density at radius 2 is 2.30 bits per heavy atom. The third-order valence-corrected chi connectivity index (χ3v) is 3.27. The smallest absolute Gasteiger partial charge is 0.246 e. The van der Waals surface area contributed by atoms with Crippen LogP contribution in [0, 0.1) is 0 Å². The van der Waals surface area contributed by atoms with E-state index in [2.05, 4.69) is 31.6 Å². The maximum Gasteiger partial charge on any atom is 0.246 e. The zero-order chi connectivity index (χ0) is 14.5. The average Bonchev–Trinajstić information content (AvgIpc) is 2.81. The van der Waals surface area contributed by atoms with E-state index in [1.807, 2.05) is 0 Å². The van der Waals surface area contributed by atoms with Crippen molar-refractivity contribution in [3.8, 4) is 0 Å². The number of benzene rings is 1. The van der Waals surface area contributed by atoms with E-state index in [0.717, 1.165) is 4.47 Å². The maximum absolute atomic E-state index is 11.9. The minimum atomic E-state index is -0.255. The lowest BCUT2D eigenvalue weighted by molar-refractivity contribution is -0.116. The molecule has 6 nitrogen and oxygen atoms in total. The fourth-order valence-electron chi connectivity index (χ4n) is 1.57. The summed E-state index contributed by atoms with van der Waals surface area (Å²) in [4.78, 5) is 11.9. The number of nitrogens with zero attached hydrogens (tertiary/aromatic N) is 3. The van der Waals surface area contributed by atoms with E-state index in [-0.39, 0.29) is 19.1 Å². The van der Waals surface area contributed by atoms with Gasteiger partial charge in [-0.15, -0.1) is 5.10 Å². The van der Waals surface area contributed by atoms with E-state index < -0.39 is 0 Å². The summed E-state index contributed by atoms with van der Waals surface area (Å²) in [7, 11) is 0. The van der Waals surface area contributed by atoms with Gasteiger partial charge in [-0.05, 0) is 18.2 Å². The average molecular weight is 360 g/mol. The first-order valence-corrected chi connectivity index (χ1v) is 7.00. The highest BCUT2D eigenvalue weighted by Gasteiger charge is 2.08. The molecule has 2 aromatic rings. The molecule has 1 heterocycles. The summed E-state index contributed by atoms with van der Waals surface area (Å²) in [5.41, 5.74) is 1.18. The van der Waals surface area contributed by atoms with Crippen LogP contribution in [0.2, 0.25) is 5.02 Å². The largest absolute Gasteiger partial charge is 0.396 e. The number of hydrogen-bond donors (Lipinski definition) is 2. The van der Waals surface area contributed by atoms with E-state index >= 15 is 0 Å². The van der Waals surface area contributed by atoms with Gasteiger partial charge in [0.2, 0.25) is 5.91 Å². The molecule has 0 bridgehead atoms. The molecular formula is C12H12BrClN4O2. The number of carbonyl (C=O) groups is 1. The van der Waals surface area contributed by atoms with Gasteiger partial charge in [0.15, 0.2) is 0 Å². The zero-order valence-corrected chi connectivity index (χ0v) is 12.7. The van der Waals surface area contributed by atoms with Crippen molar-refractivity contribution in [3.05, 3.63) is 39.6 Å². The topological polar surface area (TPSA) is 80.0 Å². The van der Waals surface area contributed by atoms with Crippen molar-refractivity contribution in [3.63, 3.8) is 0 Å². The summed E-state index contributed by atoms with van der Waals surface area (Å²) < 4.78 is 2.25. The van der Waals surface area contributed by atoms with Crippen LogP contribution < -0.4 is 5.32 Å².